The molecule has 0 spiro atoms. The molecule has 0 radical (unpaired) electrons. The second kappa shape index (κ2) is 12.1. The predicted molar refractivity (Wildman–Crippen MR) is 165 cm³/mol. The van der Waals surface area contributed by atoms with E-state index in [1.165, 1.54) is 21.7 Å². The molecule has 2 N–H and O–H groups in total. The zero-order chi connectivity index (χ0) is 29.0. The molecule has 0 aliphatic heterocycles. The first-order chi connectivity index (χ1) is 19.7. The maximum atomic E-state index is 13.0. The molecule has 1 aromatic heterocycles. The number of benzene rings is 4. The van der Waals surface area contributed by atoms with Crippen LogP contribution in [0.25, 0.3) is 21.2 Å². The van der Waals surface area contributed by atoms with Crippen molar-refractivity contribution in [3.05, 3.63) is 118 Å². The minimum absolute atomic E-state index is 0.147. The number of thioether (sulfide) groups is 1. The molecule has 0 aliphatic carbocycles. The number of hydrogen-bond donors (Lipinski definition) is 2. The van der Waals surface area contributed by atoms with Gasteiger partial charge in [0.15, 0.2) is 0 Å². The number of nitrogens with zero attached hydrogens (tertiary/aromatic N) is 1. The number of carbonyl (C=O) groups is 1. The topological polar surface area (TPSA) is 118 Å². The van der Waals surface area contributed by atoms with Gasteiger partial charge in [-0.15, -0.1) is 23.1 Å². The van der Waals surface area contributed by atoms with Gasteiger partial charge in [0.05, 0.1) is 9.82 Å². The number of hydrogen-bond acceptors (Lipinski definition) is 8. The third-order valence-corrected chi connectivity index (χ3v) is 9.63. The molecule has 4 aromatic carbocycles. The van der Waals surface area contributed by atoms with E-state index in [0.717, 1.165) is 27.5 Å². The van der Waals surface area contributed by atoms with Crippen molar-refractivity contribution in [2.24, 2.45) is 0 Å². The summed E-state index contributed by atoms with van der Waals surface area (Å²) in [5.41, 5.74) is 1.81. The van der Waals surface area contributed by atoms with Crippen LogP contribution < -0.4 is 10.0 Å². The summed E-state index contributed by atoms with van der Waals surface area (Å²) >= 11 is 3.31. The van der Waals surface area contributed by atoms with Gasteiger partial charge in [-0.3, -0.25) is 14.9 Å². The number of nitro benzene ring substituents is 1. The Morgan fingerprint density at radius 1 is 0.927 bits per heavy atom. The molecule has 11 heteroatoms. The molecule has 0 atom stereocenters. The van der Waals surface area contributed by atoms with Crippen molar-refractivity contribution >= 4 is 60.5 Å². The predicted octanol–water partition coefficient (Wildman–Crippen LogP) is 7.11. The van der Waals surface area contributed by atoms with E-state index in [4.69, 9.17) is 0 Å². The van der Waals surface area contributed by atoms with Crippen LogP contribution in [0, 0.1) is 17.0 Å². The van der Waals surface area contributed by atoms with Crippen LogP contribution in [0.5, 0.6) is 0 Å². The Morgan fingerprint density at radius 2 is 1.66 bits per heavy atom. The van der Waals surface area contributed by atoms with Gasteiger partial charge >= 0.3 is 0 Å². The van der Waals surface area contributed by atoms with Gasteiger partial charge < -0.3 is 5.32 Å². The Morgan fingerprint density at radius 3 is 2.39 bits per heavy atom. The number of thiophene rings is 1. The third-order valence-electron chi connectivity index (χ3n) is 6.25. The summed E-state index contributed by atoms with van der Waals surface area (Å²) in [6.45, 7) is 2.49. The first kappa shape index (κ1) is 28.3. The Balaban J connectivity index is 1.25. The van der Waals surface area contributed by atoms with E-state index in [-0.39, 0.29) is 16.1 Å². The lowest BCUT2D eigenvalue weighted by molar-refractivity contribution is -0.384. The fourth-order valence-corrected chi connectivity index (χ4v) is 6.95. The molecule has 208 valence electrons. The number of amides is 1. The molecule has 5 rings (SSSR count). The van der Waals surface area contributed by atoms with E-state index in [2.05, 4.69) is 30.4 Å². The summed E-state index contributed by atoms with van der Waals surface area (Å²) < 4.78 is 29.1. The quantitative estimate of drug-likeness (QED) is 0.0756. The van der Waals surface area contributed by atoms with E-state index in [0.29, 0.717) is 12.3 Å². The number of fused-ring (bicyclic) bond motifs is 1. The van der Waals surface area contributed by atoms with Crippen molar-refractivity contribution in [2.75, 3.05) is 17.6 Å². The van der Waals surface area contributed by atoms with E-state index in [9.17, 15) is 23.3 Å². The maximum Gasteiger partial charge on any atom is 0.293 e. The summed E-state index contributed by atoms with van der Waals surface area (Å²) in [4.78, 5) is 25.8. The van der Waals surface area contributed by atoms with E-state index in [1.54, 1.807) is 47.4 Å². The highest BCUT2D eigenvalue weighted by atomic mass is 32.2. The molecule has 41 heavy (non-hydrogen) atoms. The summed E-state index contributed by atoms with van der Waals surface area (Å²) in [6, 6.07) is 28.1. The number of aryl methyl sites for hydroxylation is 1. The molecule has 0 fully saturated rings. The Kier molecular flexibility index (Phi) is 8.39. The van der Waals surface area contributed by atoms with Crippen LogP contribution in [0.4, 0.5) is 11.4 Å². The first-order valence-corrected chi connectivity index (χ1v) is 15.9. The molecule has 0 saturated carbocycles. The summed E-state index contributed by atoms with van der Waals surface area (Å²) in [6.07, 6.45) is 0. The van der Waals surface area contributed by atoms with Crippen LogP contribution in [-0.2, 0) is 10.0 Å². The molecule has 8 nitrogen and oxygen atoms in total. The van der Waals surface area contributed by atoms with Gasteiger partial charge in [-0.1, -0.05) is 36.4 Å². The highest BCUT2D eigenvalue weighted by molar-refractivity contribution is 7.99. The minimum Gasteiger partial charge on any atom is -0.379 e. The third kappa shape index (κ3) is 6.76. The van der Waals surface area contributed by atoms with Gasteiger partial charge in [-0.05, 0) is 78.0 Å². The largest absolute Gasteiger partial charge is 0.379 e. The van der Waals surface area contributed by atoms with Gasteiger partial charge in [-0.25, -0.2) is 13.1 Å². The van der Waals surface area contributed by atoms with Gasteiger partial charge in [0.1, 0.15) is 5.69 Å². The SMILES string of the molecule is Cc1cc2cc(-c3ccc(C(=O)NS(=O)(=O)c4ccc(NCCSc5ccccc5)c([N+](=O)[O-])c4)cc3)ccc2s1. The molecular formula is C30H25N3O5S3. The molecule has 0 aliphatic rings. The molecule has 0 unspecified atom stereocenters. The molecule has 5 aromatic rings. The normalized spacial score (nSPS) is 11.3. The van der Waals surface area contributed by atoms with Crippen molar-refractivity contribution in [3.63, 3.8) is 0 Å². The van der Waals surface area contributed by atoms with E-state index in [1.807, 2.05) is 41.1 Å². The van der Waals surface area contributed by atoms with Gasteiger partial charge in [0.25, 0.3) is 21.6 Å². The Hall–Kier alpha value is -4.19. The van der Waals surface area contributed by atoms with Crippen molar-refractivity contribution in [1.29, 1.82) is 0 Å². The number of nitrogens with one attached hydrogen (secondary N) is 2. The van der Waals surface area contributed by atoms with E-state index < -0.39 is 26.5 Å². The van der Waals surface area contributed by atoms with Crippen molar-refractivity contribution < 1.29 is 18.1 Å². The van der Waals surface area contributed by atoms with Crippen LogP contribution in [0.3, 0.4) is 0 Å². The standard InChI is InChI=1S/C30H25N3O5S3/c1-20-17-24-18-23(11-14-29(24)40-20)21-7-9-22(10-8-21)30(34)32-41(37,38)26-12-13-27(28(19-26)33(35)36)31-15-16-39-25-5-3-2-4-6-25/h2-14,17-19,31H,15-16H2,1H3,(H,32,34). The van der Waals surface area contributed by atoms with Crippen LogP contribution >= 0.6 is 23.1 Å². The highest BCUT2D eigenvalue weighted by Crippen LogP contribution is 2.31. The summed E-state index contributed by atoms with van der Waals surface area (Å²) in [5, 5.41) is 15.8. The van der Waals surface area contributed by atoms with Crippen LogP contribution in [0.15, 0.2) is 107 Å². The van der Waals surface area contributed by atoms with Crippen molar-refractivity contribution in [1.82, 2.24) is 4.72 Å². The number of carbonyl (C=O) groups excluding carboxylic acids is 1. The smallest absolute Gasteiger partial charge is 0.293 e. The lowest BCUT2D eigenvalue weighted by Gasteiger charge is -2.11. The fraction of sp³-hybridized carbons (Fsp3) is 0.100. The minimum atomic E-state index is -4.36. The lowest BCUT2D eigenvalue weighted by atomic mass is 10.0. The zero-order valence-electron chi connectivity index (χ0n) is 21.9. The molecule has 1 amide bonds. The van der Waals surface area contributed by atoms with E-state index >= 15 is 0 Å². The Labute approximate surface area is 245 Å². The molecular weight excluding hydrogens is 579 g/mol. The average Bonchev–Trinajstić information content (AvgIpc) is 3.35. The zero-order valence-corrected chi connectivity index (χ0v) is 24.3. The number of anilines is 1. The van der Waals surface area contributed by atoms with Gasteiger partial charge in [0, 0.05) is 38.4 Å². The van der Waals surface area contributed by atoms with Crippen LogP contribution in [0.1, 0.15) is 15.2 Å². The van der Waals surface area contributed by atoms with Gasteiger partial charge in [0.2, 0.25) is 0 Å². The molecule has 0 saturated heterocycles. The van der Waals surface area contributed by atoms with Crippen molar-refractivity contribution in [2.45, 2.75) is 16.7 Å². The second-order valence-corrected chi connectivity index (χ2v) is 13.3. The fourth-order valence-electron chi connectivity index (χ4n) is 4.26. The number of rotatable bonds is 10. The lowest BCUT2D eigenvalue weighted by Crippen LogP contribution is -2.30. The van der Waals surface area contributed by atoms with Crippen molar-refractivity contribution in [3.8, 4) is 11.1 Å². The monoisotopic (exact) mass is 603 g/mol. The average molecular weight is 604 g/mol. The Bertz CT molecular complexity index is 1840. The highest BCUT2D eigenvalue weighted by Gasteiger charge is 2.24. The first-order valence-electron chi connectivity index (χ1n) is 12.6. The number of sulfonamides is 1. The number of nitro groups is 1. The maximum absolute atomic E-state index is 13.0. The molecule has 0 bridgehead atoms. The summed E-state index contributed by atoms with van der Waals surface area (Å²) in [5.74, 6) is -0.179. The second-order valence-electron chi connectivity index (χ2n) is 9.15. The molecule has 1 heterocycles. The van der Waals surface area contributed by atoms with Crippen LogP contribution in [-0.4, -0.2) is 31.5 Å². The van der Waals surface area contributed by atoms with Crippen LogP contribution in [0.2, 0.25) is 0 Å². The van der Waals surface area contributed by atoms with Gasteiger partial charge in [-0.2, -0.15) is 0 Å². The summed E-state index contributed by atoms with van der Waals surface area (Å²) in [7, 11) is -4.36.